The minimum atomic E-state index is -3.90. The minimum Gasteiger partial charge on any atom is -0.342 e. The largest absolute Gasteiger partial charge is 0.342 e. The van der Waals surface area contributed by atoms with Gasteiger partial charge in [0.2, 0.25) is 5.91 Å². The number of hydrogen-bond donors (Lipinski definition) is 1. The molecule has 0 spiro atoms. The normalized spacial score (nSPS) is 11.6. The first-order valence-corrected chi connectivity index (χ1v) is 11.8. The van der Waals surface area contributed by atoms with Crippen LogP contribution in [0.4, 0.5) is 10.1 Å². The van der Waals surface area contributed by atoms with Crippen LogP contribution in [-0.2, 0) is 21.2 Å². The van der Waals surface area contributed by atoms with E-state index in [1.54, 1.807) is 35.0 Å². The lowest BCUT2D eigenvalue weighted by atomic mass is 10.1. The highest BCUT2D eigenvalue weighted by molar-refractivity contribution is 7.92. The van der Waals surface area contributed by atoms with Crippen LogP contribution in [0.5, 0.6) is 0 Å². The van der Waals surface area contributed by atoms with Gasteiger partial charge in [-0.15, -0.1) is 0 Å². The Labute approximate surface area is 186 Å². The molecule has 1 aromatic heterocycles. The highest BCUT2D eigenvalue weighted by Crippen LogP contribution is 2.27. The van der Waals surface area contributed by atoms with Gasteiger partial charge in [-0.1, -0.05) is 42.5 Å². The number of fused-ring (bicyclic) bond motifs is 1. The number of carbonyl (C=O) groups excluding carboxylic acids is 1. The fraction of sp³-hybridized carbons (Fsp3) is 0.160. The highest BCUT2D eigenvalue weighted by atomic mass is 32.2. The predicted molar refractivity (Wildman–Crippen MR) is 124 cm³/mol. The number of amides is 1. The van der Waals surface area contributed by atoms with Crippen LogP contribution in [0, 0.1) is 19.7 Å². The predicted octanol–water partition coefficient (Wildman–Crippen LogP) is 4.86. The van der Waals surface area contributed by atoms with Gasteiger partial charge in [-0.05, 0) is 54.8 Å². The summed E-state index contributed by atoms with van der Waals surface area (Å²) in [4.78, 5) is 12.7. The number of benzene rings is 3. The summed E-state index contributed by atoms with van der Waals surface area (Å²) in [6.45, 7) is 4.14. The molecule has 0 aliphatic carbocycles. The zero-order valence-electron chi connectivity index (χ0n) is 17.8. The Bertz CT molecular complexity index is 1410. The van der Waals surface area contributed by atoms with Crippen LogP contribution in [-0.4, -0.2) is 24.6 Å². The van der Waals surface area contributed by atoms with Gasteiger partial charge < -0.3 is 9.88 Å². The van der Waals surface area contributed by atoms with Crippen molar-refractivity contribution in [2.75, 3.05) is 11.1 Å². The van der Waals surface area contributed by atoms with E-state index in [0.29, 0.717) is 17.6 Å². The van der Waals surface area contributed by atoms with Crippen molar-refractivity contribution in [3.63, 3.8) is 0 Å². The molecule has 164 valence electrons. The molecule has 4 aromatic rings. The maximum Gasteiger partial charge on any atom is 0.239 e. The van der Waals surface area contributed by atoms with Crippen LogP contribution >= 0.6 is 0 Å². The molecular formula is C25H23FN2O3S. The first kappa shape index (κ1) is 21.8. The summed E-state index contributed by atoms with van der Waals surface area (Å²) in [5.74, 6) is -1.58. The second kappa shape index (κ2) is 8.59. The summed E-state index contributed by atoms with van der Waals surface area (Å²) in [7, 11) is -3.90. The van der Waals surface area contributed by atoms with Crippen molar-refractivity contribution >= 4 is 32.3 Å². The zero-order valence-corrected chi connectivity index (χ0v) is 18.6. The quantitative estimate of drug-likeness (QED) is 0.456. The van der Waals surface area contributed by atoms with Gasteiger partial charge in [0.1, 0.15) is 11.6 Å². The number of nitrogens with zero attached hydrogens (tertiary/aromatic N) is 1. The molecule has 0 saturated carbocycles. The van der Waals surface area contributed by atoms with E-state index in [9.17, 15) is 17.6 Å². The second-order valence-electron chi connectivity index (χ2n) is 7.89. The Kier molecular flexibility index (Phi) is 5.84. The summed E-state index contributed by atoms with van der Waals surface area (Å²) in [5, 5.41) is 3.27. The van der Waals surface area contributed by atoms with E-state index in [2.05, 4.69) is 5.32 Å². The number of sulfone groups is 1. The Hall–Kier alpha value is -3.45. The average molecular weight is 451 g/mol. The monoisotopic (exact) mass is 450 g/mol. The first-order chi connectivity index (χ1) is 15.2. The molecule has 4 rings (SSSR count). The standard InChI is InChI=1S/C25H23FN2O3S/c1-17-7-8-18(2)22(13-17)27-25(29)16-32(30,31)24-15-28(23-6-4-3-5-21(23)24)14-19-9-11-20(26)12-10-19/h3-13,15H,14,16H2,1-2H3,(H,27,29). The Morgan fingerprint density at radius 3 is 2.47 bits per heavy atom. The number of aryl methyl sites for hydroxylation is 2. The summed E-state index contributed by atoms with van der Waals surface area (Å²) in [6, 6.07) is 18.8. The van der Waals surface area contributed by atoms with Crippen LogP contribution < -0.4 is 5.32 Å². The van der Waals surface area contributed by atoms with Crippen molar-refractivity contribution < 1.29 is 17.6 Å². The molecule has 5 nitrogen and oxygen atoms in total. The Morgan fingerprint density at radius 2 is 1.72 bits per heavy atom. The van der Waals surface area contributed by atoms with Gasteiger partial charge in [-0.2, -0.15) is 0 Å². The van der Waals surface area contributed by atoms with Crippen molar-refractivity contribution in [2.45, 2.75) is 25.3 Å². The Morgan fingerprint density at radius 1 is 1.00 bits per heavy atom. The molecule has 1 heterocycles. The van der Waals surface area contributed by atoms with Gasteiger partial charge in [-0.3, -0.25) is 4.79 Å². The van der Waals surface area contributed by atoms with Crippen molar-refractivity contribution in [3.05, 3.63) is 95.4 Å². The molecule has 1 amide bonds. The second-order valence-corrected chi connectivity index (χ2v) is 9.85. The number of halogens is 1. The van der Waals surface area contributed by atoms with E-state index in [1.165, 1.54) is 12.1 Å². The van der Waals surface area contributed by atoms with E-state index in [4.69, 9.17) is 0 Å². The van der Waals surface area contributed by atoms with Crippen molar-refractivity contribution in [1.29, 1.82) is 0 Å². The molecule has 1 N–H and O–H groups in total. The average Bonchev–Trinajstić information content (AvgIpc) is 3.11. The SMILES string of the molecule is Cc1ccc(C)c(NC(=O)CS(=O)(=O)c2cn(Cc3ccc(F)cc3)c3ccccc23)c1. The van der Waals surface area contributed by atoms with Crippen LogP contribution in [0.15, 0.2) is 77.8 Å². The number of carbonyl (C=O) groups is 1. The van der Waals surface area contributed by atoms with Gasteiger partial charge in [0, 0.05) is 29.3 Å². The van der Waals surface area contributed by atoms with Crippen LogP contribution in [0.25, 0.3) is 10.9 Å². The molecule has 0 fully saturated rings. The molecule has 0 saturated heterocycles. The van der Waals surface area contributed by atoms with Crippen LogP contribution in [0.3, 0.4) is 0 Å². The van der Waals surface area contributed by atoms with Crippen LogP contribution in [0.2, 0.25) is 0 Å². The summed E-state index contributed by atoms with van der Waals surface area (Å²) in [6.07, 6.45) is 1.55. The van der Waals surface area contributed by atoms with E-state index in [0.717, 1.165) is 22.2 Å². The zero-order chi connectivity index (χ0) is 22.9. The lowest BCUT2D eigenvalue weighted by Gasteiger charge is -2.09. The van der Waals surface area contributed by atoms with Gasteiger partial charge in [0.15, 0.2) is 9.84 Å². The number of para-hydroxylation sites is 1. The summed E-state index contributed by atoms with van der Waals surface area (Å²) >= 11 is 0. The van der Waals surface area contributed by atoms with Crippen molar-refractivity contribution in [3.8, 4) is 0 Å². The molecule has 0 bridgehead atoms. The minimum absolute atomic E-state index is 0.103. The van der Waals surface area contributed by atoms with E-state index in [1.807, 2.05) is 44.2 Å². The number of rotatable bonds is 6. The molecule has 32 heavy (non-hydrogen) atoms. The number of anilines is 1. The fourth-order valence-electron chi connectivity index (χ4n) is 3.69. The van der Waals surface area contributed by atoms with Crippen LogP contribution in [0.1, 0.15) is 16.7 Å². The first-order valence-electron chi connectivity index (χ1n) is 10.1. The van der Waals surface area contributed by atoms with Gasteiger partial charge >= 0.3 is 0 Å². The van der Waals surface area contributed by atoms with E-state index >= 15 is 0 Å². The molecule has 0 aliphatic rings. The maximum atomic E-state index is 13.2. The fourth-order valence-corrected chi connectivity index (χ4v) is 5.05. The summed E-state index contributed by atoms with van der Waals surface area (Å²) < 4.78 is 41.4. The molecule has 0 unspecified atom stereocenters. The molecule has 3 aromatic carbocycles. The van der Waals surface area contributed by atoms with Gasteiger partial charge in [0.25, 0.3) is 0 Å². The molecule has 0 atom stereocenters. The number of hydrogen-bond acceptors (Lipinski definition) is 3. The molecule has 0 aliphatic heterocycles. The lowest BCUT2D eigenvalue weighted by Crippen LogP contribution is -2.23. The third kappa shape index (κ3) is 4.57. The molecule has 7 heteroatoms. The van der Waals surface area contributed by atoms with Gasteiger partial charge in [0.05, 0.1) is 4.90 Å². The number of nitrogens with one attached hydrogen (secondary N) is 1. The maximum absolute atomic E-state index is 13.2. The Balaban J connectivity index is 1.63. The molecular weight excluding hydrogens is 427 g/mol. The third-order valence-electron chi connectivity index (χ3n) is 5.34. The summed E-state index contributed by atoms with van der Waals surface area (Å²) in [5.41, 5.74) is 3.99. The number of aromatic nitrogens is 1. The van der Waals surface area contributed by atoms with Gasteiger partial charge in [-0.25, -0.2) is 12.8 Å². The highest BCUT2D eigenvalue weighted by Gasteiger charge is 2.24. The smallest absolute Gasteiger partial charge is 0.239 e. The van der Waals surface area contributed by atoms with E-state index in [-0.39, 0.29) is 10.7 Å². The topological polar surface area (TPSA) is 68.2 Å². The van der Waals surface area contributed by atoms with Crippen molar-refractivity contribution in [2.24, 2.45) is 0 Å². The van der Waals surface area contributed by atoms with Crippen molar-refractivity contribution in [1.82, 2.24) is 4.57 Å². The lowest BCUT2D eigenvalue weighted by molar-refractivity contribution is -0.113. The van der Waals surface area contributed by atoms with E-state index < -0.39 is 21.5 Å². The molecule has 0 radical (unpaired) electrons. The third-order valence-corrected chi connectivity index (χ3v) is 6.98.